The molecule has 0 saturated heterocycles. The zero-order valence-corrected chi connectivity index (χ0v) is 16.5. The Morgan fingerprint density at radius 3 is 2.70 bits per heavy atom. The molecule has 162 valence electrons. The van der Waals surface area contributed by atoms with E-state index in [1.54, 1.807) is 12.1 Å². The lowest BCUT2D eigenvalue weighted by Crippen LogP contribution is -2.36. The molecule has 1 aliphatic rings. The van der Waals surface area contributed by atoms with Gasteiger partial charge in [-0.3, -0.25) is 19.2 Å². The van der Waals surface area contributed by atoms with Crippen LogP contribution in [0.1, 0.15) is 17.0 Å². The number of rotatable bonds is 6. The number of hydrogen-bond donors (Lipinski definition) is 2. The largest absolute Gasteiger partial charge is 0.495 e. The average molecular weight is 447 g/mol. The van der Waals surface area contributed by atoms with Crippen molar-refractivity contribution in [1.82, 2.24) is 14.7 Å². The van der Waals surface area contributed by atoms with E-state index in [-0.39, 0.29) is 43.0 Å². The average Bonchev–Trinajstić information content (AvgIpc) is 2.99. The highest BCUT2D eigenvalue weighted by Gasteiger charge is 2.41. The van der Waals surface area contributed by atoms with E-state index in [9.17, 15) is 22.8 Å². The molecule has 0 bridgehead atoms. The van der Waals surface area contributed by atoms with Gasteiger partial charge < -0.3 is 15.2 Å². The summed E-state index contributed by atoms with van der Waals surface area (Å²) in [5, 5.41) is 15.4. The van der Waals surface area contributed by atoms with Crippen LogP contribution in [0, 0.1) is 0 Å². The lowest BCUT2D eigenvalue weighted by atomic mass is 10.0. The maximum atomic E-state index is 13.5. The predicted octanol–water partition coefficient (Wildman–Crippen LogP) is 2.65. The fourth-order valence-corrected chi connectivity index (χ4v) is 3.51. The molecular formula is C18H18ClF3N4O4. The number of aromatic nitrogens is 2. The van der Waals surface area contributed by atoms with Crippen LogP contribution in [0.2, 0.25) is 5.02 Å². The van der Waals surface area contributed by atoms with Crippen molar-refractivity contribution in [3.63, 3.8) is 0 Å². The van der Waals surface area contributed by atoms with Gasteiger partial charge in [0.25, 0.3) is 0 Å². The number of nitrogens with zero attached hydrogens (tertiary/aromatic N) is 3. The van der Waals surface area contributed by atoms with Crippen LogP contribution in [0.5, 0.6) is 5.75 Å². The normalized spacial score (nSPS) is 14.3. The van der Waals surface area contributed by atoms with Crippen molar-refractivity contribution < 1.29 is 32.6 Å². The Kier molecular flexibility index (Phi) is 6.22. The Morgan fingerprint density at radius 1 is 1.33 bits per heavy atom. The molecule has 1 aliphatic heterocycles. The van der Waals surface area contributed by atoms with Crippen LogP contribution in [0.25, 0.3) is 0 Å². The second-order valence-electron chi connectivity index (χ2n) is 6.68. The number of hydrogen-bond acceptors (Lipinski definition) is 5. The van der Waals surface area contributed by atoms with Gasteiger partial charge in [-0.25, -0.2) is 0 Å². The lowest BCUT2D eigenvalue weighted by molar-refractivity contribution is -0.142. The monoisotopic (exact) mass is 446 g/mol. The summed E-state index contributed by atoms with van der Waals surface area (Å²) in [7, 11) is 1.40. The van der Waals surface area contributed by atoms with Crippen molar-refractivity contribution in [3.8, 4) is 5.75 Å². The molecule has 1 amide bonds. The fraction of sp³-hybridized carbons (Fsp3) is 0.389. The van der Waals surface area contributed by atoms with Crippen molar-refractivity contribution in [2.75, 3.05) is 25.5 Å². The van der Waals surface area contributed by atoms with Crippen LogP contribution < -0.4 is 10.1 Å². The Balaban J connectivity index is 1.85. The number of carboxylic acid groups (broad SMARTS) is 1. The first kappa shape index (κ1) is 21.9. The highest BCUT2D eigenvalue weighted by molar-refractivity contribution is 6.31. The molecule has 1 aromatic heterocycles. The molecule has 0 aliphatic carbocycles. The van der Waals surface area contributed by atoms with Gasteiger partial charge in [-0.15, -0.1) is 0 Å². The minimum absolute atomic E-state index is 0.108. The number of methoxy groups -OCH3 is 1. The maximum Gasteiger partial charge on any atom is 0.435 e. The van der Waals surface area contributed by atoms with Crippen molar-refractivity contribution in [3.05, 3.63) is 40.2 Å². The molecule has 2 aromatic rings. The number of aliphatic carboxylic acids is 1. The van der Waals surface area contributed by atoms with Crippen LogP contribution in [0.15, 0.2) is 18.2 Å². The first-order valence-electron chi connectivity index (χ1n) is 8.81. The van der Waals surface area contributed by atoms with Crippen molar-refractivity contribution in [1.29, 1.82) is 0 Å². The second-order valence-corrected chi connectivity index (χ2v) is 7.11. The summed E-state index contributed by atoms with van der Waals surface area (Å²) in [6, 6.07) is 4.58. The van der Waals surface area contributed by atoms with E-state index in [1.165, 1.54) is 18.1 Å². The topological polar surface area (TPSA) is 96.7 Å². The van der Waals surface area contributed by atoms with E-state index in [0.29, 0.717) is 10.8 Å². The standard InChI is InChI=1S/C18H18ClF3N4O4/c1-30-14-3-2-10(19)6-12(14)23-15(27)8-26-13-4-5-25(9-16(28)29)7-11(13)17(24-26)18(20,21)22/h2-3,6H,4-5,7-9H2,1H3,(H,23,27)(H,28,29). The summed E-state index contributed by atoms with van der Waals surface area (Å²) in [5.41, 5.74) is -0.680. The van der Waals surface area contributed by atoms with E-state index in [2.05, 4.69) is 10.4 Å². The maximum absolute atomic E-state index is 13.5. The number of benzene rings is 1. The van der Waals surface area contributed by atoms with Gasteiger partial charge in [0, 0.05) is 35.8 Å². The molecule has 0 spiro atoms. The van der Waals surface area contributed by atoms with Gasteiger partial charge in [-0.05, 0) is 18.2 Å². The Hall–Kier alpha value is -2.79. The van der Waals surface area contributed by atoms with Gasteiger partial charge >= 0.3 is 12.1 Å². The zero-order valence-electron chi connectivity index (χ0n) is 15.8. The van der Waals surface area contributed by atoms with E-state index >= 15 is 0 Å². The predicted molar refractivity (Wildman–Crippen MR) is 100 cm³/mol. The van der Waals surface area contributed by atoms with Crippen molar-refractivity contribution >= 4 is 29.2 Å². The first-order chi connectivity index (χ1) is 14.1. The quantitative estimate of drug-likeness (QED) is 0.708. The summed E-state index contributed by atoms with van der Waals surface area (Å²) in [6.45, 7) is -0.795. The summed E-state index contributed by atoms with van der Waals surface area (Å²) in [4.78, 5) is 24.8. The number of carbonyl (C=O) groups is 2. The molecule has 0 atom stereocenters. The van der Waals surface area contributed by atoms with Gasteiger partial charge in [0.15, 0.2) is 5.69 Å². The van der Waals surface area contributed by atoms with Gasteiger partial charge in [0.1, 0.15) is 12.3 Å². The summed E-state index contributed by atoms with van der Waals surface area (Å²) in [6.07, 6.45) is -4.59. The van der Waals surface area contributed by atoms with Gasteiger partial charge in [-0.2, -0.15) is 18.3 Å². The molecular weight excluding hydrogens is 429 g/mol. The van der Waals surface area contributed by atoms with Crippen LogP contribution in [0.4, 0.5) is 18.9 Å². The number of carbonyl (C=O) groups excluding carboxylic acids is 1. The number of alkyl halides is 3. The molecule has 0 fully saturated rings. The molecule has 2 heterocycles. The number of anilines is 1. The van der Waals surface area contributed by atoms with Crippen LogP contribution in [0.3, 0.4) is 0 Å². The summed E-state index contributed by atoms with van der Waals surface area (Å²) in [5.74, 6) is -1.40. The number of halogens is 4. The van der Waals surface area contributed by atoms with Crippen molar-refractivity contribution in [2.24, 2.45) is 0 Å². The SMILES string of the molecule is COc1ccc(Cl)cc1NC(=O)Cn1nc(C(F)(F)F)c2c1CCN(CC(=O)O)C2. The summed E-state index contributed by atoms with van der Waals surface area (Å²) < 4.78 is 46.5. The van der Waals surface area contributed by atoms with Crippen LogP contribution in [-0.2, 0) is 35.3 Å². The minimum Gasteiger partial charge on any atom is -0.495 e. The third kappa shape index (κ3) is 4.85. The van der Waals surface area contributed by atoms with Crippen LogP contribution >= 0.6 is 11.6 Å². The van der Waals surface area contributed by atoms with E-state index in [0.717, 1.165) is 4.68 Å². The molecule has 8 nitrogen and oxygen atoms in total. The molecule has 0 radical (unpaired) electrons. The first-order valence-corrected chi connectivity index (χ1v) is 9.19. The zero-order chi connectivity index (χ0) is 22.1. The van der Waals surface area contributed by atoms with E-state index in [4.69, 9.17) is 21.4 Å². The number of amides is 1. The number of fused-ring (bicyclic) bond motifs is 1. The number of carboxylic acids is 1. The molecule has 30 heavy (non-hydrogen) atoms. The Morgan fingerprint density at radius 2 is 2.07 bits per heavy atom. The van der Waals surface area contributed by atoms with Crippen molar-refractivity contribution in [2.45, 2.75) is 25.7 Å². The molecule has 2 N–H and O–H groups in total. The molecule has 0 unspecified atom stereocenters. The highest BCUT2D eigenvalue weighted by atomic mass is 35.5. The lowest BCUT2D eigenvalue weighted by Gasteiger charge is -2.26. The smallest absolute Gasteiger partial charge is 0.435 e. The van der Waals surface area contributed by atoms with Gasteiger partial charge in [0.2, 0.25) is 5.91 Å². The molecule has 12 heteroatoms. The minimum atomic E-state index is -4.73. The third-order valence-corrected chi connectivity index (χ3v) is 4.80. The second kappa shape index (κ2) is 8.52. The third-order valence-electron chi connectivity index (χ3n) is 4.57. The van der Waals surface area contributed by atoms with E-state index in [1.807, 2.05) is 0 Å². The fourth-order valence-electron chi connectivity index (χ4n) is 3.34. The van der Waals surface area contributed by atoms with Gasteiger partial charge in [-0.1, -0.05) is 11.6 Å². The summed E-state index contributed by atoms with van der Waals surface area (Å²) >= 11 is 5.92. The molecule has 0 saturated carbocycles. The Labute approximate surface area is 174 Å². The number of nitrogens with one attached hydrogen (secondary N) is 1. The van der Waals surface area contributed by atoms with Crippen LogP contribution in [-0.4, -0.2) is 51.9 Å². The van der Waals surface area contributed by atoms with E-state index < -0.39 is 30.3 Å². The highest BCUT2D eigenvalue weighted by Crippen LogP contribution is 2.35. The molecule has 3 rings (SSSR count). The molecule has 1 aromatic carbocycles. The number of ether oxygens (including phenoxy) is 1. The Bertz CT molecular complexity index is 977. The van der Waals surface area contributed by atoms with Gasteiger partial charge in [0.05, 0.1) is 19.3 Å².